The largest absolute Gasteiger partial charge is 0.489 e. The van der Waals surface area contributed by atoms with Gasteiger partial charge >= 0.3 is 0 Å². The molecule has 3 atom stereocenters. The van der Waals surface area contributed by atoms with Crippen LogP contribution in [0.5, 0.6) is 5.75 Å². The SMILES string of the molecule is CCNC1CCC(C)CC1Oc1ccc(C)cc1C. The van der Waals surface area contributed by atoms with Gasteiger partial charge in [0.15, 0.2) is 0 Å². The Balaban J connectivity index is 2.09. The Bertz CT molecular complexity index is 416. The predicted molar refractivity (Wildman–Crippen MR) is 80.8 cm³/mol. The number of rotatable bonds is 4. The van der Waals surface area contributed by atoms with Gasteiger partial charge < -0.3 is 10.1 Å². The molecule has 0 amide bonds. The van der Waals surface area contributed by atoms with Crippen LogP contribution < -0.4 is 10.1 Å². The first-order chi connectivity index (χ1) is 9.10. The van der Waals surface area contributed by atoms with Crippen LogP contribution in [0.25, 0.3) is 0 Å². The molecule has 0 radical (unpaired) electrons. The lowest BCUT2D eigenvalue weighted by Gasteiger charge is -2.35. The van der Waals surface area contributed by atoms with Gasteiger partial charge in [0.25, 0.3) is 0 Å². The fourth-order valence-corrected chi connectivity index (χ4v) is 3.05. The molecule has 1 aromatic rings. The smallest absolute Gasteiger partial charge is 0.122 e. The summed E-state index contributed by atoms with van der Waals surface area (Å²) in [5.74, 6) is 1.82. The molecule has 1 aromatic carbocycles. The fourth-order valence-electron chi connectivity index (χ4n) is 3.05. The van der Waals surface area contributed by atoms with Gasteiger partial charge in [-0.2, -0.15) is 0 Å². The van der Waals surface area contributed by atoms with E-state index in [1.807, 2.05) is 0 Å². The van der Waals surface area contributed by atoms with Crippen LogP contribution in [-0.4, -0.2) is 18.7 Å². The van der Waals surface area contributed by atoms with Crippen LogP contribution in [0.15, 0.2) is 18.2 Å². The molecule has 0 aliphatic heterocycles. The van der Waals surface area contributed by atoms with Gasteiger partial charge in [-0.25, -0.2) is 0 Å². The van der Waals surface area contributed by atoms with Crippen LogP contribution in [0.3, 0.4) is 0 Å². The van der Waals surface area contributed by atoms with Crippen molar-refractivity contribution in [1.82, 2.24) is 5.32 Å². The first-order valence-corrected chi connectivity index (χ1v) is 7.57. The van der Waals surface area contributed by atoms with E-state index in [4.69, 9.17) is 4.74 Å². The zero-order valence-electron chi connectivity index (χ0n) is 12.7. The molecule has 106 valence electrons. The highest BCUT2D eigenvalue weighted by atomic mass is 16.5. The topological polar surface area (TPSA) is 21.3 Å². The number of ether oxygens (including phenoxy) is 1. The van der Waals surface area contributed by atoms with Crippen molar-refractivity contribution in [2.45, 2.75) is 59.1 Å². The van der Waals surface area contributed by atoms with E-state index in [1.165, 1.54) is 24.0 Å². The van der Waals surface area contributed by atoms with Crippen molar-refractivity contribution in [2.75, 3.05) is 6.54 Å². The number of likely N-dealkylation sites (N-methyl/N-ethyl adjacent to an activating group) is 1. The van der Waals surface area contributed by atoms with Crippen molar-refractivity contribution in [3.63, 3.8) is 0 Å². The number of benzene rings is 1. The van der Waals surface area contributed by atoms with E-state index in [2.05, 4.69) is 51.2 Å². The summed E-state index contributed by atoms with van der Waals surface area (Å²) in [7, 11) is 0. The minimum absolute atomic E-state index is 0.310. The molecule has 0 bridgehead atoms. The summed E-state index contributed by atoms with van der Waals surface area (Å²) in [5.41, 5.74) is 2.54. The third-order valence-electron chi connectivity index (χ3n) is 4.13. The lowest BCUT2D eigenvalue weighted by molar-refractivity contribution is 0.0910. The summed E-state index contributed by atoms with van der Waals surface area (Å²) in [5, 5.41) is 3.58. The van der Waals surface area contributed by atoms with Gasteiger partial charge in [-0.05, 0) is 57.2 Å². The molecule has 1 aliphatic carbocycles. The van der Waals surface area contributed by atoms with Crippen LogP contribution in [0.2, 0.25) is 0 Å². The van der Waals surface area contributed by atoms with E-state index in [0.717, 1.165) is 24.6 Å². The minimum Gasteiger partial charge on any atom is -0.489 e. The Morgan fingerprint density at radius 2 is 2.05 bits per heavy atom. The third-order valence-corrected chi connectivity index (χ3v) is 4.13. The fraction of sp³-hybridized carbons (Fsp3) is 0.647. The zero-order chi connectivity index (χ0) is 13.8. The summed E-state index contributed by atoms with van der Waals surface area (Å²) < 4.78 is 6.31. The number of nitrogens with one attached hydrogen (secondary N) is 1. The summed E-state index contributed by atoms with van der Waals surface area (Å²) in [6, 6.07) is 6.95. The molecule has 1 N–H and O–H groups in total. The minimum atomic E-state index is 0.310. The van der Waals surface area contributed by atoms with Crippen LogP contribution >= 0.6 is 0 Å². The van der Waals surface area contributed by atoms with E-state index in [0.29, 0.717) is 12.1 Å². The van der Waals surface area contributed by atoms with Crippen LogP contribution in [0, 0.1) is 19.8 Å². The summed E-state index contributed by atoms with van der Waals surface area (Å²) in [4.78, 5) is 0. The van der Waals surface area contributed by atoms with Crippen molar-refractivity contribution in [1.29, 1.82) is 0 Å². The Kier molecular flexibility index (Phi) is 4.87. The van der Waals surface area contributed by atoms with Gasteiger partial charge in [0.05, 0.1) is 0 Å². The van der Waals surface area contributed by atoms with E-state index in [9.17, 15) is 0 Å². The van der Waals surface area contributed by atoms with Gasteiger partial charge in [0.2, 0.25) is 0 Å². The summed E-state index contributed by atoms with van der Waals surface area (Å²) in [6.45, 7) is 9.79. The van der Waals surface area contributed by atoms with Crippen molar-refractivity contribution in [3.8, 4) is 5.75 Å². The van der Waals surface area contributed by atoms with Crippen molar-refractivity contribution < 1.29 is 4.74 Å². The Hall–Kier alpha value is -1.02. The maximum atomic E-state index is 6.31. The first kappa shape index (κ1) is 14.4. The van der Waals surface area contributed by atoms with Gasteiger partial charge in [-0.1, -0.05) is 31.5 Å². The van der Waals surface area contributed by atoms with Crippen molar-refractivity contribution in [3.05, 3.63) is 29.3 Å². The molecule has 2 nitrogen and oxygen atoms in total. The average molecular weight is 261 g/mol. The number of hydrogen-bond donors (Lipinski definition) is 1. The second-order valence-electron chi connectivity index (χ2n) is 6.01. The number of hydrogen-bond acceptors (Lipinski definition) is 2. The van der Waals surface area contributed by atoms with Crippen LogP contribution in [-0.2, 0) is 0 Å². The second-order valence-corrected chi connectivity index (χ2v) is 6.01. The van der Waals surface area contributed by atoms with E-state index in [1.54, 1.807) is 0 Å². The molecule has 1 saturated carbocycles. The Labute approximate surface area is 117 Å². The van der Waals surface area contributed by atoms with E-state index in [-0.39, 0.29) is 0 Å². The van der Waals surface area contributed by atoms with Crippen molar-refractivity contribution in [2.24, 2.45) is 5.92 Å². The van der Waals surface area contributed by atoms with Gasteiger partial charge in [0.1, 0.15) is 11.9 Å². The first-order valence-electron chi connectivity index (χ1n) is 7.57. The lowest BCUT2D eigenvalue weighted by atomic mass is 9.85. The molecule has 0 aromatic heterocycles. The number of aryl methyl sites for hydroxylation is 2. The highest BCUT2D eigenvalue weighted by Crippen LogP contribution is 2.29. The molecule has 3 unspecified atom stereocenters. The Morgan fingerprint density at radius 1 is 1.26 bits per heavy atom. The Morgan fingerprint density at radius 3 is 2.74 bits per heavy atom. The molecule has 2 rings (SSSR count). The molecule has 19 heavy (non-hydrogen) atoms. The van der Waals surface area contributed by atoms with Crippen LogP contribution in [0.1, 0.15) is 44.2 Å². The summed E-state index contributed by atoms with van der Waals surface area (Å²) in [6.07, 6.45) is 4.00. The molecule has 1 aliphatic rings. The summed E-state index contributed by atoms with van der Waals surface area (Å²) >= 11 is 0. The quantitative estimate of drug-likeness (QED) is 0.889. The molecular weight excluding hydrogens is 234 g/mol. The van der Waals surface area contributed by atoms with Gasteiger partial charge in [-0.15, -0.1) is 0 Å². The van der Waals surface area contributed by atoms with E-state index < -0.39 is 0 Å². The molecule has 0 saturated heterocycles. The lowest BCUT2D eigenvalue weighted by Crippen LogP contribution is -2.46. The molecule has 1 fully saturated rings. The zero-order valence-corrected chi connectivity index (χ0v) is 12.7. The average Bonchev–Trinajstić information content (AvgIpc) is 2.36. The molecule has 0 spiro atoms. The maximum absolute atomic E-state index is 6.31. The highest BCUT2D eigenvalue weighted by molar-refractivity contribution is 5.35. The third kappa shape index (κ3) is 3.73. The second kappa shape index (κ2) is 6.42. The maximum Gasteiger partial charge on any atom is 0.122 e. The standard InChI is InChI=1S/C17H27NO/c1-5-18-15-8-6-13(3)11-17(15)19-16-9-7-12(2)10-14(16)4/h7,9-10,13,15,17-18H,5-6,8,11H2,1-4H3. The monoisotopic (exact) mass is 261 g/mol. The van der Waals surface area contributed by atoms with Gasteiger partial charge in [-0.3, -0.25) is 0 Å². The predicted octanol–water partition coefficient (Wildman–Crippen LogP) is 3.85. The molecule has 2 heteroatoms. The van der Waals surface area contributed by atoms with E-state index >= 15 is 0 Å². The highest BCUT2D eigenvalue weighted by Gasteiger charge is 2.29. The van der Waals surface area contributed by atoms with Crippen LogP contribution in [0.4, 0.5) is 0 Å². The van der Waals surface area contributed by atoms with Crippen molar-refractivity contribution >= 4 is 0 Å². The molecule has 0 heterocycles. The van der Waals surface area contributed by atoms with Gasteiger partial charge in [0, 0.05) is 6.04 Å². The molecular formula is C17H27NO. The normalized spacial score (nSPS) is 27.3.